The van der Waals surface area contributed by atoms with Crippen molar-refractivity contribution in [2.75, 3.05) is 5.73 Å². The average molecular weight is 274 g/mol. The van der Waals surface area contributed by atoms with Crippen LogP contribution >= 0.6 is 11.8 Å². The van der Waals surface area contributed by atoms with Gasteiger partial charge in [0.2, 0.25) is 0 Å². The first-order valence-corrected chi connectivity index (χ1v) is 6.77. The highest BCUT2D eigenvalue weighted by atomic mass is 32.2. The Morgan fingerprint density at radius 3 is 2.74 bits per heavy atom. The largest absolute Gasteiger partial charge is 0.398 e. The molecule has 98 valence electrons. The van der Waals surface area contributed by atoms with Crippen LogP contribution in [0.1, 0.15) is 11.1 Å². The summed E-state index contributed by atoms with van der Waals surface area (Å²) in [6, 6.07) is 12.7. The number of nitro benzene ring substituents is 1. The van der Waals surface area contributed by atoms with Gasteiger partial charge in [-0.25, -0.2) is 0 Å². The van der Waals surface area contributed by atoms with Crippen LogP contribution in [0.5, 0.6) is 0 Å². The first-order valence-electron chi connectivity index (χ1n) is 5.78. The molecule has 19 heavy (non-hydrogen) atoms. The van der Waals surface area contributed by atoms with Crippen molar-refractivity contribution < 1.29 is 4.92 Å². The van der Waals surface area contributed by atoms with Gasteiger partial charge in [-0.1, -0.05) is 17.7 Å². The molecule has 0 spiro atoms. The lowest BCUT2D eigenvalue weighted by Crippen LogP contribution is -1.95. The number of nitrogen functional groups attached to an aromatic ring is 1. The maximum atomic E-state index is 10.7. The van der Waals surface area contributed by atoms with Crippen molar-refractivity contribution >= 4 is 23.1 Å². The molecule has 0 saturated carbocycles. The normalized spacial score (nSPS) is 10.4. The van der Waals surface area contributed by atoms with Crippen molar-refractivity contribution in [3.05, 3.63) is 63.7 Å². The summed E-state index contributed by atoms with van der Waals surface area (Å²) in [5, 5.41) is 10.7. The zero-order valence-electron chi connectivity index (χ0n) is 10.5. The number of thioether (sulfide) groups is 1. The highest BCUT2D eigenvalue weighted by molar-refractivity contribution is 7.98. The van der Waals surface area contributed by atoms with Crippen LogP contribution in [0.15, 0.2) is 47.4 Å². The van der Waals surface area contributed by atoms with E-state index in [9.17, 15) is 10.1 Å². The van der Waals surface area contributed by atoms with Gasteiger partial charge in [-0.05, 0) is 30.7 Å². The van der Waals surface area contributed by atoms with E-state index >= 15 is 0 Å². The van der Waals surface area contributed by atoms with Crippen molar-refractivity contribution in [2.24, 2.45) is 0 Å². The molecule has 5 heteroatoms. The molecule has 2 aromatic rings. The molecule has 0 amide bonds. The van der Waals surface area contributed by atoms with Crippen molar-refractivity contribution in [1.82, 2.24) is 0 Å². The predicted octanol–water partition coefficient (Wildman–Crippen LogP) is 3.78. The highest BCUT2D eigenvalue weighted by Gasteiger charge is 2.09. The molecule has 0 heterocycles. The van der Waals surface area contributed by atoms with Gasteiger partial charge in [0.25, 0.3) is 5.69 Å². The Morgan fingerprint density at radius 1 is 1.26 bits per heavy atom. The quantitative estimate of drug-likeness (QED) is 0.399. The van der Waals surface area contributed by atoms with E-state index in [-0.39, 0.29) is 5.69 Å². The van der Waals surface area contributed by atoms with Gasteiger partial charge >= 0.3 is 0 Å². The summed E-state index contributed by atoms with van der Waals surface area (Å²) in [6.07, 6.45) is 0. The van der Waals surface area contributed by atoms with Crippen LogP contribution in [-0.2, 0) is 5.75 Å². The number of anilines is 1. The molecule has 0 aliphatic carbocycles. The van der Waals surface area contributed by atoms with Crippen LogP contribution in [0.25, 0.3) is 0 Å². The smallest absolute Gasteiger partial charge is 0.269 e. The minimum atomic E-state index is -0.403. The Balaban J connectivity index is 2.15. The second-order valence-electron chi connectivity index (χ2n) is 4.25. The Hall–Kier alpha value is -2.01. The second kappa shape index (κ2) is 5.75. The summed E-state index contributed by atoms with van der Waals surface area (Å²) in [5.74, 6) is 0.622. The lowest BCUT2D eigenvalue weighted by Gasteiger charge is -2.06. The van der Waals surface area contributed by atoms with Crippen molar-refractivity contribution in [3.8, 4) is 0 Å². The Bertz CT molecular complexity index is 614. The third-order valence-electron chi connectivity index (χ3n) is 2.72. The number of benzene rings is 2. The van der Waals surface area contributed by atoms with Gasteiger partial charge in [0, 0.05) is 28.5 Å². The summed E-state index contributed by atoms with van der Waals surface area (Å²) >= 11 is 1.62. The van der Waals surface area contributed by atoms with Crippen molar-refractivity contribution in [1.29, 1.82) is 0 Å². The SMILES string of the molecule is Cc1cccc(SCc2cc([N+](=O)[O-])ccc2N)c1. The number of rotatable bonds is 4. The average Bonchev–Trinajstić information content (AvgIpc) is 2.37. The number of non-ortho nitro benzene ring substituents is 1. The molecular weight excluding hydrogens is 260 g/mol. The zero-order valence-corrected chi connectivity index (χ0v) is 11.3. The van der Waals surface area contributed by atoms with Crippen LogP contribution in [0, 0.1) is 17.0 Å². The number of nitro groups is 1. The van der Waals surface area contributed by atoms with Crippen LogP contribution in [0.4, 0.5) is 11.4 Å². The van der Waals surface area contributed by atoms with E-state index in [1.54, 1.807) is 17.8 Å². The first-order chi connectivity index (χ1) is 9.06. The molecular formula is C14H14N2O2S. The fourth-order valence-electron chi connectivity index (χ4n) is 1.70. The molecule has 0 aliphatic heterocycles. The molecule has 4 nitrogen and oxygen atoms in total. The minimum Gasteiger partial charge on any atom is -0.398 e. The highest BCUT2D eigenvalue weighted by Crippen LogP contribution is 2.28. The van der Waals surface area contributed by atoms with Crippen molar-refractivity contribution in [3.63, 3.8) is 0 Å². The van der Waals surface area contributed by atoms with Gasteiger partial charge in [0.1, 0.15) is 0 Å². The van der Waals surface area contributed by atoms with Gasteiger partial charge in [-0.3, -0.25) is 10.1 Å². The minimum absolute atomic E-state index is 0.0778. The van der Waals surface area contributed by atoms with Gasteiger partial charge in [0.05, 0.1) is 4.92 Å². The molecule has 2 rings (SSSR count). The summed E-state index contributed by atoms with van der Waals surface area (Å²) in [6.45, 7) is 2.03. The molecule has 0 atom stereocenters. The zero-order chi connectivity index (χ0) is 13.8. The van der Waals surface area contributed by atoms with E-state index in [1.807, 2.05) is 25.1 Å². The maximum Gasteiger partial charge on any atom is 0.269 e. The Morgan fingerprint density at radius 2 is 2.05 bits per heavy atom. The topological polar surface area (TPSA) is 69.2 Å². The Labute approximate surface area is 115 Å². The first kappa shape index (κ1) is 13.4. The maximum absolute atomic E-state index is 10.7. The number of nitrogens with zero attached hydrogens (tertiary/aromatic N) is 1. The summed E-state index contributed by atoms with van der Waals surface area (Å²) in [7, 11) is 0. The summed E-state index contributed by atoms with van der Waals surface area (Å²) in [4.78, 5) is 11.5. The molecule has 0 aromatic heterocycles. The third kappa shape index (κ3) is 3.48. The van der Waals surface area contributed by atoms with E-state index in [4.69, 9.17) is 5.73 Å². The fraction of sp³-hybridized carbons (Fsp3) is 0.143. The molecule has 0 bridgehead atoms. The molecule has 0 saturated heterocycles. The molecule has 0 aliphatic rings. The van der Waals surface area contributed by atoms with Crippen LogP contribution in [0.2, 0.25) is 0 Å². The van der Waals surface area contributed by atoms with Gasteiger partial charge in [0.15, 0.2) is 0 Å². The predicted molar refractivity (Wildman–Crippen MR) is 78.2 cm³/mol. The molecule has 0 fully saturated rings. The third-order valence-corrected chi connectivity index (χ3v) is 3.76. The summed E-state index contributed by atoms with van der Waals surface area (Å²) < 4.78 is 0. The van der Waals surface area contributed by atoms with Gasteiger partial charge in [-0.15, -0.1) is 11.8 Å². The van der Waals surface area contributed by atoms with E-state index in [2.05, 4.69) is 6.07 Å². The second-order valence-corrected chi connectivity index (χ2v) is 5.29. The monoisotopic (exact) mass is 274 g/mol. The van der Waals surface area contributed by atoms with Crippen molar-refractivity contribution in [2.45, 2.75) is 17.6 Å². The van der Waals surface area contributed by atoms with Gasteiger partial charge in [-0.2, -0.15) is 0 Å². The van der Waals surface area contributed by atoms with Crippen LogP contribution in [-0.4, -0.2) is 4.92 Å². The molecule has 0 unspecified atom stereocenters. The summed E-state index contributed by atoms with van der Waals surface area (Å²) in [5.41, 5.74) is 8.50. The molecule has 2 N–H and O–H groups in total. The fourth-order valence-corrected chi connectivity index (χ4v) is 2.71. The number of nitrogens with two attached hydrogens (primary N) is 1. The van der Waals surface area contributed by atoms with E-state index < -0.39 is 4.92 Å². The number of aryl methyl sites for hydroxylation is 1. The Kier molecular flexibility index (Phi) is 4.06. The number of hydrogen-bond donors (Lipinski definition) is 1. The van der Waals surface area contributed by atoms with E-state index in [0.29, 0.717) is 11.4 Å². The van der Waals surface area contributed by atoms with Crippen LogP contribution < -0.4 is 5.73 Å². The standard InChI is InChI=1S/C14H14N2O2S/c1-10-3-2-4-13(7-10)19-9-11-8-12(16(17)18)5-6-14(11)15/h2-8H,9,15H2,1H3. The van der Waals surface area contributed by atoms with E-state index in [1.165, 1.54) is 17.7 Å². The lowest BCUT2D eigenvalue weighted by atomic mass is 10.2. The van der Waals surface area contributed by atoms with E-state index in [0.717, 1.165) is 10.5 Å². The lowest BCUT2D eigenvalue weighted by molar-refractivity contribution is -0.384. The number of hydrogen-bond acceptors (Lipinski definition) is 4. The molecule has 0 radical (unpaired) electrons. The molecule has 2 aromatic carbocycles. The van der Waals surface area contributed by atoms with Crippen LogP contribution in [0.3, 0.4) is 0 Å². The van der Waals surface area contributed by atoms with Gasteiger partial charge < -0.3 is 5.73 Å².